The van der Waals surface area contributed by atoms with Gasteiger partial charge < -0.3 is 9.88 Å². The Hall–Kier alpha value is -4.08. The minimum Gasteiger partial charge on any atom is -0.338 e. The summed E-state index contributed by atoms with van der Waals surface area (Å²) >= 11 is 0. The second-order valence-electron chi connectivity index (χ2n) is 7.48. The minimum atomic E-state index is -0.414. The zero-order chi connectivity index (χ0) is 21.4. The Morgan fingerprint density at radius 3 is 2.61 bits per heavy atom. The van der Waals surface area contributed by atoms with E-state index in [1.165, 1.54) is 15.6 Å². The van der Waals surface area contributed by atoms with Gasteiger partial charge >= 0.3 is 5.69 Å². The molecule has 1 aliphatic rings. The van der Waals surface area contributed by atoms with Gasteiger partial charge in [0.1, 0.15) is 6.33 Å². The van der Waals surface area contributed by atoms with Crippen LogP contribution in [-0.2, 0) is 0 Å². The molecule has 1 saturated heterocycles. The van der Waals surface area contributed by atoms with Crippen molar-refractivity contribution in [3.05, 3.63) is 81.3 Å². The van der Waals surface area contributed by atoms with Crippen LogP contribution in [0.15, 0.2) is 64.4 Å². The van der Waals surface area contributed by atoms with Crippen molar-refractivity contribution in [1.29, 1.82) is 0 Å². The molecular weight excluding hydrogens is 398 g/mol. The van der Waals surface area contributed by atoms with Gasteiger partial charge in [-0.15, -0.1) is 5.10 Å². The molecule has 4 aromatic rings. The molecule has 0 bridgehead atoms. The zero-order valence-electron chi connectivity index (χ0n) is 16.5. The van der Waals surface area contributed by atoms with Gasteiger partial charge in [-0.1, -0.05) is 18.2 Å². The van der Waals surface area contributed by atoms with E-state index in [9.17, 15) is 14.4 Å². The third-order valence-electron chi connectivity index (χ3n) is 5.66. The monoisotopic (exact) mass is 417 g/mol. The van der Waals surface area contributed by atoms with Gasteiger partial charge in [-0.2, -0.15) is 0 Å². The summed E-state index contributed by atoms with van der Waals surface area (Å²) in [6, 6.07) is 13.8. The van der Waals surface area contributed by atoms with E-state index in [0.29, 0.717) is 48.1 Å². The number of likely N-dealkylation sites (tertiary alicyclic amines) is 1. The van der Waals surface area contributed by atoms with Crippen LogP contribution >= 0.6 is 0 Å². The van der Waals surface area contributed by atoms with Crippen molar-refractivity contribution in [2.75, 3.05) is 13.1 Å². The van der Waals surface area contributed by atoms with Crippen molar-refractivity contribution in [3.8, 4) is 5.69 Å². The van der Waals surface area contributed by atoms with Crippen molar-refractivity contribution >= 4 is 16.8 Å². The smallest absolute Gasteiger partial charge is 0.329 e. The number of aromatic amines is 1. The van der Waals surface area contributed by atoms with E-state index < -0.39 is 5.69 Å². The van der Waals surface area contributed by atoms with E-state index in [4.69, 9.17) is 0 Å². The van der Waals surface area contributed by atoms with E-state index in [-0.39, 0.29) is 17.5 Å². The number of nitrogens with zero attached hydrogens (tertiary/aromatic N) is 6. The third-order valence-corrected chi connectivity index (χ3v) is 5.66. The van der Waals surface area contributed by atoms with Crippen LogP contribution in [0.2, 0.25) is 0 Å². The first kappa shape index (κ1) is 18.9. The van der Waals surface area contributed by atoms with Crippen molar-refractivity contribution in [2.24, 2.45) is 0 Å². The van der Waals surface area contributed by atoms with Gasteiger partial charge in [-0.25, -0.2) is 9.48 Å². The Morgan fingerprint density at radius 1 is 1.03 bits per heavy atom. The molecule has 10 nitrogen and oxygen atoms in total. The fourth-order valence-electron chi connectivity index (χ4n) is 4.08. The number of piperidine rings is 1. The molecule has 0 radical (unpaired) electrons. The summed E-state index contributed by atoms with van der Waals surface area (Å²) in [5.41, 5.74) is 1.05. The van der Waals surface area contributed by atoms with Crippen LogP contribution in [0.5, 0.6) is 0 Å². The van der Waals surface area contributed by atoms with Crippen LogP contribution in [0, 0.1) is 0 Å². The van der Waals surface area contributed by atoms with E-state index in [2.05, 4.69) is 20.5 Å². The number of carbonyl (C=O) groups excluding carboxylic acids is 1. The molecule has 1 fully saturated rings. The molecule has 3 heterocycles. The van der Waals surface area contributed by atoms with Gasteiger partial charge in [0, 0.05) is 24.7 Å². The van der Waals surface area contributed by atoms with Gasteiger partial charge in [0.05, 0.1) is 16.6 Å². The SMILES string of the molecule is O=C(c1cccc(-n2cnnn2)c1)N1CCC(n2c(=O)[nH]c3ccccc3c2=O)CC1. The first-order valence-electron chi connectivity index (χ1n) is 9.98. The summed E-state index contributed by atoms with van der Waals surface area (Å²) in [4.78, 5) is 43.0. The number of para-hydroxylation sites is 1. The van der Waals surface area contributed by atoms with Gasteiger partial charge in [-0.05, 0) is 53.6 Å². The minimum absolute atomic E-state index is 0.104. The third kappa shape index (κ3) is 3.41. The zero-order valence-corrected chi connectivity index (χ0v) is 16.5. The van der Waals surface area contributed by atoms with E-state index in [1.54, 1.807) is 47.4 Å². The fourth-order valence-corrected chi connectivity index (χ4v) is 4.08. The molecule has 5 rings (SSSR count). The highest BCUT2D eigenvalue weighted by Crippen LogP contribution is 2.22. The molecule has 0 saturated carbocycles. The summed E-state index contributed by atoms with van der Waals surface area (Å²) in [5.74, 6) is -0.104. The molecule has 31 heavy (non-hydrogen) atoms. The van der Waals surface area contributed by atoms with Crippen LogP contribution in [0.4, 0.5) is 0 Å². The number of carbonyl (C=O) groups is 1. The van der Waals surface area contributed by atoms with Crippen LogP contribution in [-0.4, -0.2) is 53.7 Å². The Morgan fingerprint density at radius 2 is 1.84 bits per heavy atom. The number of nitrogens with one attached hydrogen (secondary N) is 1. The number of tetrazole rings is 1. The van der Waals surface area contributed by atoms with Gasteiger partial charge in [-0.3, -0.25) is 14.2 Å². The molecule has 0 aliphatic carbocycles. The molecule has 0 spiro atoms. The maximum atomic E-state index is 13.0. The molecule has 0 unspecified atom stereocenters. The molecule has 0 atom stereocenters. The second kappa shape index (κ2) is 7.63. The lowest BCUT2D eigenvalue weighted by molar-refractivity contribution is 0.0692. The predicted molar refractivity (Wildman–Crippen MR) is 112 cm³/mol. The van der Waals surface area contributed by atoms with Crippen LogP contribution < -0.4 is 11.2 Å². The molecule has 2 aromatic heterocycles. The molecule has 1 N–H and O–H groups in total. The number of hydrogen-bond donors (Lipinski definition) is 1. The summed E-state index contributed by atoms with van der Waals surface area (Å²) in [5, 5.41) is 11.6. The number of hydrogen-bond acceptors (Lipinski definition) is 6. The second-order valence-corrected chi connectivity index (χ2v) is 7.48. The lowest BCUT2D eigenvalue weighted by atomic mass is 10.0. The summed E-state index contributed by atoms with van der Waals surface area (Å²) in [6.07, 6.45) is 2.52. The highest BCUT2D eigenvalue weighted by Gasteiger charge is 2.27. The highest BCUT2D eigenvalue weighted by atomic mass is 16.2. The Bertz CT molecular complexity index is 1370. The molecule has 156 valence electrons. The van der Waals surface area contributed by atoms with Crippen molar-refractivity contribution < 1.29 is 4.79 Å². The van der Waals surface area contributed by atoms with Crippen molar-refractivity contribution in [1.82, 2.24) is 34.7 Å². The van der Waals surface area contributed by atoms with E-state index in [0.717, 1.165) is 0 Å². The molecule has 1 aliphatic heterocycles. The normalized spacial score (nSPS) is 14.8. The average Bonchev–Trinajstić information content (AvgIpc) is 3.34. The average molecular weight is 417 g/mol. The maximum absolute atomic E-state index is 13.0. The van der Waals surface area contributed by atoms with Crippen molar-refractivity contribution in [2.45, 2.75) is 18.9 Å². The molecule has 1 amide bonds. The maximum Gasteiger partial charge on any atom is 0.329 e. The van der Waals surface area contributed by atoms with Crippen LogP contribution in [0.25, 0.3) is 16.6 Å². The standard InChI is InChI=1S/C21H19N7O3/c29-19(14-4-3-5-16(12-14)27-13-22-24-25-27)26-10-8-15(9-11-26)28-20(30)17-6-1-2-7-18(17)23-21(28)31/h1-7,12-13,15H,8-11H2,(H,23,31). The Kier molecular flexibility index (Phi) is 4.66. The summed E-state index contributed by atoms with van der Waals surface area (Å²) in [6.45, 7) is 0.911. The number of aromatic nitrogens is 6. The van der Waals surface area contributed by atoms with Gasteiger partial charge in [0.25, 0.3) is 11.5 Å². The Balaban J connectivity index is 1.35. The highest BCUT2D eigenvalue weighted by molar-refractivity contribution is 5.94. The number of H-pyrrole nitrogens is 1. The van der Waals surface area contributed by atoms with Crippen molar-refractivity contribution in [3.63, 3.8) is 0 Å². The van der Waals surface area contributed by atoms with Gasteiger partial charge in [0.15, 0.2) is 0 Å². The van der Waals surface area contributed by atoms with E-state index >= 15 is 0 Å². The van der Waals surface area contributed by atoms with Gasteiger partial charge in [0.2, 0.25) is 0 Å². The number of benzene rings is 2. The summed E-state index contributed by atoms with van der Waals surface area (Å²) in [7, 11) is 0. The predicted octanol–water partition coefficient (Wildman–Crippen LogP) is 1.14. The molecular formula is C21H19N7O3. The fraction of sp³-hybridized carbons (Fsp3) is 0.238. The van der Waals surface area contributed by atoms with Crippen LogP contribution in [0.3, 0.4) is 0 Å². The molecule has 10 heteroatoms. The largest absolute Gasteiger partial charge is 0.338 e. The Labute approximate surface area is 175 Å². The van der Waals surface area contributed by atoms with Crippen LogP contribution in [0.1, 0.15) is 29.2 Å². The quantitative estimate of drug-likeness (QED) is 0.534. The first-order chi connectivity index (χ1) is 15.1. The van der Waals surface area contributed by atoms with E-state index in [1.807, 2.05) is 6.07 Å². The lowest BCUT2D eigenvalue weighted by Crippen LogP contribution is -2.45. The molecule has 2 aromatic carbocycles. The summed E-state index contributed by atoms with van der Waals surface area (Å²) < 4.78 is 2.78. The number of amides is 1. The number of fused-ring (bicyclic) bond motifs is 1. The first-order valence-corrected chi connectivity index (χ1v) is 9.98. The topological polar surface area (TPSA) is 119 Å². The number of rotatable bonds is 3. The lowest BCUT2D eigenvalue weighted by Gasteiger charge is -2.32.